The average Bonchev–Trinajstić information content (AvgIpc) is 3.02. The smallest absolute Gasteiger partial charge is 0.146 e. The van der Waals surface area contributed by atoms with Gasteiger partial charge in [-0.05, 0) is 44.0 Å². The molecule has 1 aliphatic rings. The zero-order valence-electron chi connectivity index (χ0n) is 11.9. The van der Waals surface area contributed by atoms with Gasteiger partial charge in [-0.15, -0.1) is 10.2 Å². The van der Waals surface area contributed by atoms with Crippen LogP contribution in [0.4, 0.5) is 0 Å². The van der Waals surface area contributed by atoms with Crippen molar-refractivity contribution in [3.63, 3.8) is 0 Å². The summed E-state index contributed by atoms with van der Waals surface area (Å²) < 4.78 is 2.07. The molecule has 0 bridgehead atoms. The lowest BCUT2D eigenvalue weighted by molar-refractivity contribution is 0.239. The molecule has 2 aromatic rings. The molecule has 0 amide bonds. The second-order valence-corrected chi connectivity index (χ2v) is 5.84. The SMILES string of the molecule is Cc1nnc(CN2CCC[C@H]2c2ccc(Cl)cc2)n1C. The molecule has 3 rings (SSSR count). The highest BCUT2D eigenvalue weighted by Gasteiger charge is 2.27. The zero-order valence-corrected chi connectivity index (χ0v) is 12.6. The summed E-state index contributed by atoms with van der Waals surface area (Å²) in [5.41, 5.74) is 1.34. The molecular formula is C15H19ClN4. The average molecular weight is 291 g/mol. The van der Waals surface area contributed by atoms with Gasteiger partial charge >= 0.3 is 0 Å². The van der Waals surface area contributed by atoms with Gasteiger partial charge < -0.3 is 4.57 Å². The first-order chi connectivity index (χ1) is 9.65. The maximum absolute atomic E-state index is 5.97. The number of hydrogen-bond acceptors (Lipinski definition) is 3. The van der Waals surface area contributed by atoms with E-state index in [0.29, 0.717) is 6.04 Å². The maximum atomic E-state index is 5.97. The molecule has 0 aliphatic carbocycles. The van der Waals surface area contributed by atoms with Crippen molar-refractivity contribution in [3.05, 3.63) is 46.5 Å². The number of benzene rings is 1. The Bertz CT molecular complexity index is 590. The largest absolute Gasteiger partial charge is 0.317 e. The normalized spacial score (nSPS) is 19.6. The second-order valence-electron chi connectivity index (χ2n) is 5.40. The molecule has 0 radical (unpaired) electrons. The molecule has 1 aliphatic heterocycles. The van der Waals surface area contributed by atoms with Gasteiger partial charge in [-0.25, -0.2) is 0 Å². The first-order valence-corrected chi connectivity index (χ1v) is 7.37. The van der Waals surface area contributed by atoms with Crippen LogP contribution in [-0.4, -0.2) is 26.2 Å². The van der Waals surface area contributed by atoms with Gasteiger partial charge in [0.05, 0.1) is 6.54 Å². The summed E-state index contributed by atoms with van der Waals surface area (Å²) in [4.78, 5) is 2.48. The molecule has 1 fully saturated rings. The Balaban J connectivity index is 1.79. The van der Waals surface area contributed by atoms with Gasteiger partial charge in [0.25, 0.3) is 0 Å². The van der Waals surface area contributed by atoms with E-state index in [1.807, 2.05) is 26.1 Å². The molecule has 0 spiro atoms. The molecule has 0 saturated carbocycles. The summed E-state index contributed by atoms with van der Waals surface area (Å²) in [5.74, 6) is 1.99. The monoisotopic (exact) mass is 290 g/mol. The summed E-state index contributed by atoms with van der Waals surface area (Å²) in [6.45, 7) is 3.95. The maximum Gasteiger partial charge on any atom is 0.146 e. The number of rotatable bonds is 3. The van der Waals surface area contributed by atoms with E-state index in [0.717, 1.165) is 29.8 Å². The highest BCUT2D eigenvalue weighted by Crippen LogP contribution is 2.33. The van der Waals surface area contributed by atoms with Crippen molar-refractivity contribution in [3.8, 4) is 0 Å². The van der Waals surface area contributed by atoms with Crippen LogP contribution in [0, 0.1) is 6.92 Å². The molecular weight excluding hydrogens is 272 g/mol. The van der Waals surface area contributed by atoms with Crippen LogP contribution < -0.4 is 0 Å². The summed E-state index contributed by atoms with van der Waals surface area (Å²) in [7, 11) is 2.03. The summed E-state index contributed by atoms with van der Waals surface area (Å²) in [5, 5.41) is 9.20. The molecule has 0 unspecified atom stereocenters. The Labute approximate surface area is 124 Å². The molecule has 1 aromatic heterocycles. The lowest BCUT2D eigenvalue weighted by Crippen LogP contribution is -2.24. The van der Waals surface area contributed by atoms with Crippen LogP contribution >= 0.6 is 11.6 Å². The van der Waals surface area contributed by atoms with Gasteiger partial charge in [0, 0.05) is 18.1 Å². The zero-order chi connectivity index (χ0) is 14.1. The first kappa shape index (κ1) is 13.6. The summed E-state index contributed by atoms with van der Waals surface area (Å²) in [6.07, 6.45) is 2.42. The Morgan fingerprint density at radius 3 is 2.65 bits per heavy atom. The predicted octanol–water partition coefficient (Wildman–Crippen LogP) is 3.11. The molecule has 1 saturated heterocycles. The number of likely N-dealkylation sites (tertiary alicyclic amines) is 1. The van der Waals surface area contributed by atoms with Gasteiger partial charge in [-0.3, -0.25) is 4.90 Å². The summed E-state index contributed by atoms with van der Waals surface area (Å²) >= 11 is 5.97. The lowest BCUT2D eigenvalue weighted by Gasteiger charge is -2.24. The molecule has 106 valence electrons. The standard InChI is InChI=1S/C15H19ClN4/c1-11-17-18-15(19(11)2)10-20-9-3-4-14(20)12-5-7-13(16)8-6-12/h5-8,14H,3-4,9-10H2,1-2H3/t14-/m0/s1. The van der Waals surface area contributed by atoms with Crippen molar-refractivity contribution in [1.82, 2.24) is 19.7 Å². The Morgan fingerprint density at radius 1 is 1.25 bits per heavy atom. The van der Waals surface area contributed by atoms with E-state index in [2.05, 4.69) is 31.8 Å². The lowest BCUT2D eigenvalue weighted by atomic mass is 10.0. The molecule has 20 heavy (non-hydrogen) atoms. The molecule has 2 heterocycles. The minimum Gasteiger partial charge on any atom is -0.317 e. The number of nitrogens with zero attached hydrogens (tertiary/aromatic N) is 4. The number of hydrogen-bond donors (Lipinski definition) is 0. The van der Waals surface area contributed by atoms with Gasteiger partial charge in [-0.2, -0.15) is 0 Å². The van der Waals surface area contributed by atoms with Crippen LogP contribution in [0.1, 0.15) is 36.1 Å². The Hall–Kier alpha value is -1.39. The molecule has 5 heteroatoms. The number of halogens is 1. The third-order valence-electron chi connectivity index (χ3n) is 4.15. The molecule has 0 N–H and O–H groups in total. The van der Waals surface area contributed by atoms with Crippen molar-refractivity contribution in [1.29, 1.82) is 0 Å². The minimum atomic E-state index is 0.462. The summed E-state index contributed by atoms with van der Waals surface area (Å²) in [6, 6.07) is 8.67. The third-order valence-corrected chi connectivity index (χ3v) is 4.40. The van der Waals surface area contributed by atoms with Crippen molar-refractivity contribution < 1.29 is 0 Å². The van der Waals surface area contributed by atoms with E-state index in [4.69, 9.17) is 11.6 Å². The van der Waals surface area contributed by atoms with Crippen molar-refractivity contribution in [2.24, 2.45) is 7.05 Å². The Morgan fingerprint density at radius 2 is 2.00 bits per heavy atom. The third kappa shape index (κ3) is 2.58. The topological polar surface area (TPSA) is 34.0 Å². The van der Waals surface area contributed by atoms with Gasteiger partial charge in [-0.1, -0.05) is 23.7 Å². The van der Waals surface area contributed by atoms with Gasteiger partial charge in [0.15, 0.2) is 0 Å². The van der Waals surface area contributed by atoms with Crippen LogP contribution in [0.3, 0.4) is 0 Å². The fraction of sp³-hybridized carbons (Fsp3) is 0.467. The predicted molar refractivity (Wildman–Crippen MR) is 79.6 cm³/mol. The van der Waals surface area contributed by atoms with Crippen molar-refractivity contribution in [2.45, 2.75) is 32.4 Å². The van der Waals surface area contributed by atoms with E-state index < -0.39 is 0 Å². The Kier molecular flexibility index (Phi) is 3.76. The first-order valence-electron chi connectivity index (χ1n) is 6.99. The number of aryl methyl sites for hydroxylation is 1. The van der Waals surface area contributed by atoms with E-state index in [9.17, 15) is 0 Å². The van der Waals surface area contributed by atoms with Crippen LogP contribution in [0.25, 0.3) is 0 Å². The minimum absolute atomic E-state index is 0.462. The van der Waals surface area contributed by atoms with Crippen molar-refractivity contribution in [2.75, 3.05) is 6.54 Å². The quantitative estimate of drug-likeness (QED) is 0.871. The van der Waals surface area contributed by atoms with Crippen LogP contribution in [0.2, 0.25) is 5.02 Å². The van der Waals surface area contributed by atoms with Gasteiger partial charge in [0.2, 0.25) is 0 Å². The van der Waals surface area contributed by atoms with Crippen LogP contribution in [-0.2, 0) is 13.6 Å². The molecule has 4 nitrogen and oxygen atoms in total. The van der Waals surface area contributed by atoms with E-state index in [1.165, 1.54) is 18.4 Å². The van der Waals surface area contributed by atoms with Crippen molar-refractivity contribution >= 4 is 11.6 Å². The van der Waals surface area contributed by atoms with E-state index in [1.54, 1.807) is 0 Å². The second kappa shape index (κ2) is 5.54. The molecule has 1 aromatic carbocycles. The van der Waals surface area contributed by atoms with E-state index >= 15 is 0 Å². The number of aromatic nitrogens is 3. The fourth-order valence-electron chi connectivity index (χ4n) is 2.85. The van der Waals surface area contributed by atoms with Gasteiger partial charge in [0.1, 0.15) is 11.6 Å². The van der Waals surface area contributed by atoms with E-state index in [-0.39, 0.29) is 0 Å². The highest BCUT2D eigenvalue weighted by molar-refractivity contribution is 6.30. The van der Waals surface area contributed by atoms with Crippen LogP contribution in [0.5, 0.6) is 0 Å². The fourth-order valence-corrected chi connectivity index (χ4v) is 2.97. The van der Waals surface area contributed by atoms with Crippen LogP contribution in [0.15, 0.2) is 24.3 Å². The highest BCUT2D eigenvalue weighted by atomic mass is 35.5. The molecule has 1 atom stereocenters.